The first-order valence-electron chi connectivity index (χ1n) is 11.3. The van der Waals surface area contributed by atoms with Gasteiger partial charge in [0.2, 0.25) is 11.8 Å². The summed E-state index contributed by atoms with van der Waals surface area (Å²) in [6.07, 6.45) is 1.98. The van der Waals surface area contributed by atoms with Crippen molar-refractivity contribution in [1.82, 2.24) is 20.9 Å². The van der Waals surface area contributed by atoms with Gasteiger partial charge in [-0.3, -0.25) is 14.5 Å². The smallest absolute Gasteiger partial charge is 0.237 e. The van der Waals surface area contributed by atoms with Crippen LogP contribution in [-0.2, 0) is 22.7 Å². The number of carbonyl (C=O) groups is 2. The summed E-state index contributed by atoms with van der Waals surface area (Å²) in [6, 6.07) is 18.3. The first kappa shape index (κ1) is 22.3. The van der Waals surface area contributed by atoms with Crippen LogP contribution in [0.2, 0.25) is 0 Å². The number of fused-ring (bicyclic) bond motifs is 1. The van der Waals surface area contributed by atoms with E-state index in [9.17, 15) is 9.59 Å². The normalized spacial score (nSPS) is 22.8. The number of amides is 2. The Hall–Kier alpha value is -2.90. The van der Waals surface area contributed by atoms with Gasteiger partial charge in [-0.05, 0) is 36.1 Å². The Morgan fingerprint density at radius 3 is 2.59 bits per heavy atom. The van der Waals surface area contributed by atoms with E-state index in [1.165, 1.54) is 5.56 Å². The van der Waals surface area contributed by atoms with E-state index in [0.29, 0.717) is 19.5 Å². The van der Waals surface area contributed by atoms with Gasteiger partial charge >= 0.3 is 0 Å². The number of nitrogens with one attached hydrogen (secondary N) is 3. The van der Waals surface area contributed by atoms with E-state index in [-0.39, 0.29) is 29.9 Å². The number of hydrogen-bond acceptors (Lipinski definition) is 5. The number of rotatable bonds is 9. The second-order valence-corrected chi connectivity index (χ2v) is 8.57. The van der Waals surface area contributed by atoms with Crippen LogP contribution in [-0.4, -0.2) is 55.0 Å². The summed E-state index contributed by atoms with van der Waals surface area (Å²) in [6.45, 7) is 2.74. The third-order valence-corrected chi connectivity index (χ3v) is 6.41. The van der Waals surface area contributed by atoms with Gasteiger partial charge in [-0.1, -0.05) is 42.5 Å². The van der Waals surface area contributed by atoms with Crippen LogP contribution in [0, 0.1) is 0 Å². The van der Waals surface area contributed by atoms with Crippen molar-refractivity contribution < 1.29 is 14.3 Å². The highest BCUT2D eigenvalue weighted by Gasteiger charge is 2.43. The molecule has 3 N–H and O–H groups in total. The minimum absolute atomic E-state index is 0.0345. The van der Waals surface area contributed by atoms with Gasteiger partial charge in [0, 0.05) is 44.7 Å². The summed E-state index contributed by atoms with van der Waals surface area (Å²) in [4.78, 5) is 27.1. The standard InChI is InChI=1S/C25H32N4O3/c1-32-22-10-7-19(8-11-22)15-27-24(30)12-9-21-16-28-25(31)23-13-20(17-29(21)23)26-14-18-5-3-2-4-6-18/h2-8,10-11,20-21,23,26H,9,12-17H2,1H3,(H,27,30)(H,28,31). The minimum Gasteiger partial charge on any atom is -0.497 e. The Morgan fingerprint density at radius 2 is 1.84 bits per heavy atom. The highest BCUT2D eigenvalue weighted by atomic mass is 16.5. The number of piperazine rings is 1. The predicted octanol–water partition coefficient (Wildman–Crippen LogP) is 1.82. The van der Waals surface area contributed by atoms with Gasteiger partial charge in [-0.25, -0.2) is 0 Å². The molecular weight excluding hydrogens is 404 g/mol. The Morgan fingerprint density at radius 1 is 1.09 bits per heavy atom. The summed E-state index contributed by atoms with van der Waals surface area (Å²) in [5.74, 6) is 0.942. The zero-order valence-electron chi connectivity index (χ0n) is 18.5. The molecule has 2 aliphatic heterocycles. The molecule has 3 unspecified atom stereocenters. The van der Waals surface area contributed by atoms with Gasteiger partial charge in [-0.15, -0.1) is 0 Å². The van der Waals surface area contributed by atoms with E-state index >= 15 is 0 Å². The largest absolute Gasteiger partial charge is 0.497 e. The molecule has 32 heavy (non-hydrogen) atoms. The van der Waals surface area contributed by atoms with Crippen LogP contribution in [0.3, 0.4) is 0 Å². The summed E-state index contributed by atoms with van der Waals surface area (Å²) in [5.41, 5.74) is 2.28. The molecule has 3 atom stereocenters. The number of carbonyl (C=O) groups excluding carboxylic acids is 2. The van der Waals surface area contributed by atoms with Crippen molar-refractivity contribution in [3.8, 4) is 5.75 Å². The first-order valence-corrected chi connectivity index (χ1v) is 11.3. The molecule has 2 amide bonds. The van der Waals surface area contributed by atoms with E-state index in [1.54, 1.807) is 7.11 Å². The van der Waals surface area contributed by atoms with E-state index in [2.05, 4.69) is 33.0 Å². The predicted molar refractivity (Wildman–Crippen MR) is 123 cm³/mol. The maximum atomic E-state index is 12.4. The second-order valence-electron chi connectivity index (χ2n) is 8.57. The minimum atomic E-state index is -0.107. The Balaban J connectivity index is 1.24. The summed E-state index contributed by atoms with van der Waals surface area (Å²) in [7, 11) is 1.64. The van der Waals surface area contributed by atoms with Gasteiger partial charge in [0.15, 0.2) is 0 Å². The monoisotopic (exact) mass is 436 g/mol. The average molecular weight is 437 g/mol. The van der Waals surface area contributed by atoms with E-state index in [0.717, 1.165) is 37.2 Å². The Kier molecular flexibility index (Phi) is 7.39. The van der Waals surface area contributed by atoms with Crippen molar-refractivity contribution in [2.24, 2.45) is 0 Å². The quantitative estimate of drug-likeness (QED) is 0.559. The van der Waals surface area contributed by atoms with Crippen molar-refractivity contribution in [1.29, 1.82) is 0 Å². The molecule has 2 heterocycles. The third kappa shape index (κ3) is 5.66. The van der Waals surface area contributed by atoms with Crippen LogP contribution in [0.15, 0.2) is 54.6 Å². The molecule has 0 saturated carbocycles. The molecular formula is C25H32N4O3. The Labute approximate surface area is 189 Å². The fourth-order valence-electron chi connectivity index (χ4n) is 4.58. The van der Waals surface area contributed by atoms with Crippen molar-refractivity contribution in [3.63, 3.8) is 0 Å². The molecule has 2 fully saturated rings. The van der Waals surface area contributed by atoms with Gasteiger partial charge in [0.05, 0.1) is 13.2 Å². The fraction of sp³-hybridized carbons (Fsp3) is 0.440. The topological polar surface area (TPSA) is 82.7 Å². The lowest BCUT2D eigenvalue weighted by Crippen LogP contribution is -2.58. The molecule has 2 aromatic carbocycles. The maximum Gasteiger partial charge on any atom is 0.237 e. The van der Waals surface area contributed by atoms with Crippen LogP contribution in [0.25, 0.3) is 0 Å². The van der Waals surface area contributed by atoms with Crippen molar-refractivity contribution in [2.45, 2.75) is 50.5 Å². The zero-order chi connectivity index (χ0) is 22.3. The van der Waals surface area contributed by atoms with Gasteiger partial charge in [-0.2, -0.15) is 0 Å². The van der Waals surface area contributed by atoms with E-state index in [4.69, 9.17) is 4.74 Å². The Bertz CT molecular complexity index is 903. The molecule has 0 bridgehead atoms. The summed E-state index contributed by atoms with van der Waals surface area (Å²) < 4.78 is 5.16. The van der Waals surface area contributed by atoms with Gasteiger partial charge in [0.1, 0.15) is 5.75 Å². The molecule has 7 heteroatoms. The maximum absolute atomic E-state index is 12.4. The molecule has 2 aliphatic rings. The van der Waals surface area contributed by atoms with Gasteiger partial charge in [0.25, 0.3) is 0 Å². The zero-order valence-corrected chi connectivity index (χ0v) is 18.5. The highest BCUT2D eigenvalue weighted by molar-refractivity contribution is 5.83. The molecule has 0 aliphatic carbocycles. The van der Waals surface area contributed by atoms with Crippen LogP contribution < -0.4 is 20.7 Å². The summed E-state index contributed by atoms with van der Waals surface area (Å²) in [5, 5.41) is 9.63. The van der Waals surface area contributed by atoms with E-state index in [1.807, 2.05) is 42.5 Å². The molecule has 4 rings (SSSR count). The van der Waals surface area contributed by atoms with E-state index < -0.39 is 0 Å². The first-order chi connectivity index (χ1) is 15.6. The molecule has 7 nitrogen and oxygen atoms in total. The SMILES string of the molecule is COc1ccc(CNC(=O)CCC2CNC(=O)C3CC(NCc4ccccc4)CN23)cc1. The lowest BCUT2D eigenvalue weighted by atomic mass is 10.0. The highest BCUT2D eigenvalue weighted by Crippen LogP contribution is 2.26. The number of benzene rings is 2. The number of hydrogen-bond donors (Lipinski definition) is 3. The molecule has 0 aromatic heterocycles. The van der Waals surface area contributed by atoms with Crippen molar-refractivity contribution >= 4 is 11.8 Å². The molecule has 170 valence electrons. The van der Waals surface area contributed by atoms with Crippen LogP contribution in [0.5, 0.6) is 5.75 Å². The molecule has 0 radical (unpaired) electrons. The third-order valence-electron chi connectivity index (χ3n) is 6.41. The number of nitrogens with zero attached hydrogens (tertiary/aromatic N) is 1. The molecule has 0 spiro atoms. The van der Waals surface area contributed by atoms with Crippen molar-refractivity contribution in [3.05, 3.63) is 65.7 Å². The molecule has 2 saturated heterocycles. The van der Waals surface area contributed by atoms with Crippen LogP contribution in [0.4, 0.5) is 0 Å². The van der Waals surface area contributed by atoms with Crippen LogP contribution >= 0.6 is 0 Å². The fourth-order valence-corrected chi connectivity index (χ4v) is 4.58. The van der Waals surface area contributed by atoms with Crippen molar-refractivity contribution in [2.75, 3.05) is 20.2 Å². The number of methoxy groups -OCH3 is 1. The van der Waals surface area contributed by atoms with Gasteiger partial charge < -0.3 is 20.7 Å². The lowest BCUT2D eigenvalue weighted by molar-refractivity contribution is -0.129. The lowest BCUT2D eigenvalue weighted by Gasteiger charge is -2.37. The summed E-state index contributed by atoms with van der Waals surface area (Å²) >= 11 is 0. The molecule has 2 aromatic rings. The van der Waals surface area contributed by atoms with Crippen LogP contribution in [0.1, 0.15) is 30.4 Å². The number of ether oxygens (including phenoxy) is 1. The average Bonchev–Trinajstić information content (AvgIpc) is 3.27. The second kappa shape index (κ2) is 10.6.